The number of methoxy groups -OCH3 is 1. The number of carbonyl (C=O) groups is 2. The van der Waals surface area contributed by atoms with E-state index in [-0.39, 0.29) is 24.5 Å². The van der Waals surface area contributed by atoms with E-state index in [4.69, 9.17) is 4.74 Å². The summed E-state index contributed by atoms with van der Waals surface area (Å²) in [5.74, 6) is 1.47. The van der Waals surface area contributed by atoms with Crippen LogP contribution in [0.1, 0.15) is 53.7 Å². The third kappa shape index (κ3) is 5.00. The number of rotatable bonds is 7. The second-order valence-electron chi connectivity index (χ2n) is 7.92. The van der Waals surface area contributed by atoms with Crippen LogP contribution >= 0.6 is 0 Å². The Bertz CT molecular complexity index is 839. The molecular formula is C24H29NO3. The van der Waals surface area contributed by atoms with Gasteiger partial charge >= 0.3 is 0 Å². The molecule has 0 spiro atoms. The maximum Gasteiger partial charge on any atom is 0.223 e. The van der Waals surface area contributed by atoms with Gasteiger partial charge in [0.05, 0.1) is 7.11 Å². The number of ketones is 1. The van der Waals surface area contributed by atoms with Crippen LogP contribution in [0.5, 0.6) is 5.75 Å². The maximum absolute atomic E-state index is 12.6. The lowest BCUT2D eigenvalue weighted by Crippen LogP contribution is -2.36. The Hall–Kier alpha value is -2.62. The summed E-state index contributed by atoms with van der Waals surface area (Å²) >= 11 is 0. The van der Waals surface area contributed by atoms with E-state index in [2.05, 4.69) is 19.9 Å². The Labute approximate surface area is 167 Å². The fourth-order valence-corrected chi connectivity index (χ4v) is 3.69. The minimum absolute atomic E-state index is 0.0310. The van der Waals surface area contributed by atoms with E-state index in [0.717, 1.165) is 24.2 Å². The molecule has 1 heterocycles. The summed E-state index contributed by atoms with van der Waals surface area (Å²) in [4.78, 5) is 26.9. The number of fused-ring (bicyclic) bond motifs is 1. The van der Waals surface area contributed by atoms with Gasteiger partial charge in [-0.25, -0.2) is 0 Å². The quantitative estimate of drug-likeness (QED) is 0.668. The third-order valence-corrected chi connectivity index (χ3v) is 5.26. The zero-order valence-corrected chi connectivity index (χ0v) is 17.0. The first-order valence-electron chi connectivity index (χ1n) is 10.0. The molecule has 2 aromatic rings. The van der Waals surface area contributed by atoms with Crippen molar-refractivity contribution in [1.29, 1.82) is 0 Å². The van der Waals surface area contributed by atoms with E-state index in [9.17, 15) is 9.59 Å². The molecule has 1 amide bonds. The predicted molar refractivity (Wildman–Crippen MR) is 111 cm³/mol. The Kier molecular flexibility index (Phi) is 6.50. The van der Waals surface area contributed by atoms with Crippen molar-refractivity contribution in [3.05, 3.63) is 64.7 Å². The van der Waals surface area contributed by atoms with E-state index in [1.165, 1.54) is 11.1 Å². The van der Waals surface area contributed by atoms with Crippen LogP contribution in [0.3, 0.4) is 0 Å². The van der Waals surface area contributed by atoms with Crippen molar-refractivity contribution in [1.82, 2.24) is 4.90 Å². The van der Waals surface area contributed by atoms with Crippen molar-refractivity contribution in [2.45, 2.75) is 46.1 Å². The second-order valence-corrected chi connectivity index (χ2v) is 7.92. The second kappa shape index (κ2) is 9.05. The Morgan fingerprint density at radius 3 is 2.46 bits per heavy atom. The van der Waals surface area contributed by atoms with E-state index in [1.807, 2.05) is 41.3 Å². The normalized spacial score (nSPS) is 13.4. The molecule has 0 unspecified atom stereocenters. The zero-order valence-electron chi connectivity index (χ0n) is 17.0. The number of hydrogen-bond acceptors (Lipinski definition) is 3. The highest BCUT2D eigenvalue weighted by Crippen LogP contribution is 2.24. The largest absolute Gasteiger partial charge is 0.497 e. The number of nitrogens with zero attached hydrogens (tertiary/aromatic N) is 1. The number of amides is 1. The molecule has 28 heavy (non-hydrogen) atoms. The Morgan fingerprint density at radius 2 is 1.79 bits per heavy atom. The SMILES string of the molecule is COc1ccc2c(c1)CN(C(=O)CCC(=O)c1ccc(CC(C)C)cc1)CC2. The van der Waals surface area contributed by atoms with Gasteiger partial charge in [-0.05, 0) is 47.6 Å². The summed E-state index contributed by atoms with van der Waals surface area (Å²) < 4.78 is 5.29. The van der Waals surface area contributed by atoms with Crippen LogP contribution in [-0.4, -0.2) is 30.2 Å². The van der Waals surface area contributed by atoms with E-state index in [1.54, 1.807) is 7.11 Å². The summed E-state index contributed by atoms with van der Waals surface area (Å²) in [6, 6.07) is 13.8. The molecule has 4 heteroatoms. The topological polar surface area (TPSA) is 46.6 Å². The molecule has 0 saturated heterocycles. The Balaban J connectivity index is 1.54. The van der Waals surface area contributed by atoms with E-state index in [0.29, 0.717) is 24.6 Å². The standard InChI is InChI=1S/C24H29NO3/c1-17(2)14-18-4-6-20(7-5-18)23(26)10-11-24(27)25-13-12-19-8-9-22(28-3)15-21(19)16-25/h4-9,15,17H,10-14,16H2,1-3H3. The van der Waals surface area contributed by atoms with Crippen LogP contribution in [0, 0.1) is 5.92 Å². The highest BCUT2D eigenvalue weighted by molar-refractivity contribution is 5.98. The fourth-order valence-electron chi connectivity index (χ4n) is 3.69. The number of ether oxygens (including phenoxy) is 1. The van der Waals surface area contributed by atoms with Gasteiger partial charge < -0.3 is 9.64 Å². The van der Waals surface area contributed by atoms with Crippen molar-refractivity contribution in [3.8, 4) is 5.75 Å². The maximum atomic E-state index is 12.6. The molecule has 0 saturated carbocycles. The van der Waals surface area contributed by atoms with Crippen LogP contribution in [0.4, 0.5) is 0 Å². The molecule has 0 atom stereocenters. The van der Waals surface area contributed by atoms with Gasteiger partial charge in [0.25, 0.3) is 0 Å². The van der Waals surface area contributed by atoms with Gasteiger partial charge in [-0.15, -0.1) is 0 Å². The van der Waals surface area contributed by atoms with Crippen LogP contribution in [0.15, 0.2) is 42.5 Å². The molecule has 148 valence electrons. The number of hydrogen-bond donors (Lipinski definition) is 0. The summed E-state index contributed by atoms with van der Waals surface area (Å²) in [6.45, 7) is 5.65. The molecule has 2 aromatic carbocycles. The molecule has 3 rings (SSSR count). The average Bonchev–Trinajstić information content (AvgIpc) is 2.71. The smallest absolute Gasteiger partial charge is 0.223 e. The van der Waals surface area contributed by atoms with Gasteiger partial charge in [0.15, 0.2) is 5.78 Å². The fraction of sp³-hybridized carbons (Fsp3) is 0.417. The molecule has 1 aliphatic rings. The summed E-state index contributed by atoms with van der Waals surface area (Å²) in [5.41, 5.74) is 4.33. The van der Waals surface area contributed by atoms with E-state index >= 15 is 0 Å². The first-order chi connectivity index (χ1) is 13.5. The van der Waals surface area contributed by atoms with Gasteiger partial charge in [-0.3, -0.25) is 9.59 Å². The monoisotopic (exact) mass is 379 g/mol. The summed E-state index contributed by atoms with van der Waals surface area (Å²) in [6.07, 6.45) is 2.36. The lowest BCUT2D eigenvalue weighted by molar-refractivity contribution is -0.132. The minimum atomic E-state index is 0.0310. The van der Waals surface area contributed by atoms with Gasteiger partial charge in [-0.1, -0.05) is 44.2 Å². The minimum Gasteiger partial charge on any atom is -0.497 e. The first-order valence-corrected chi connectivity index (χ1v) is 10.0. The number of benzene rings is 2. The van der Waals surface area contributed by atoms with Crippen molar-refractivity contribution in [2.75, 3.05) is 13.7 Å². The molecule has 0 aromatic heterocycles. The number of carbonyl (C=O) groups excluding carboxylic acids is 2. The molecule has 0 bridgehead atoms. The summed E-state index contributed by atoms with van der Waals surface area (Å²) in [7, 11) is 1.65. The molecule has 0 aliphatic carbocycles. The van der Waals surface area contributed by atoms with Crippen LogP contribution in [0.2, 0.25) is 0 Å². The molecule has 4 nitrogen and oxygen atoms in total. The highest BCUT2D eigenvalue weighted by Gasteiger charge is 2.21. The molecule has 0 N–H and O–H groups in total. The third-order valence-electron chi connectivity index (χ3n) is 5.26. The summed E-state index contributed by atoms with van der Waals surface area (Å²) in [5, 5.41) is 0. The van der Waals surface area contributed by atoms with Crippen LogP contribution in [0.25, 0.3) is 0 Å². The van der Waals surface area contributed by atoms with Crippen molar-refractivity contribution in [3.63, 3.8) is 0 Å². The predicted octanol–water partition coefficient (Wildman–Crippen LogP) is 4.44. The van der Waals surface area contributed by atoms with Gasteiger partial charge in [0, 0.05) is 31.5 Å². The van der Waals surface area contributed by atoms with Crippen molar-refractivity contribution < 1.29 is 14.3 Å². The van der Waals surface area contributed by atoms with Gasteiger partial charge in [-0.2, -0.15) is 0 Å². The average molecular weight is 380 g/mol. The molecule has 1 aliphatic heterocycles. The van der Waals surface area contributed by atoms with E-state index < -0.39 is 0 Å². The molecule has 0 fully saturated rings. The highest BCUT2D eigenvalue weighted by atomic mass is 16.5. The molecule has 0 radical (unpaired) electrons. The Morgan fingerprint density at radius 1 is 1.04 bits per heavy atom. The van der Waals surface area contributed by atoms with Crippen LogP contribution in [-0.2, 0) is 24.2 Å². The van der Waals surface area contributed by atoms with Gasteiger partial charge in [0.1, 0.15) is 5.75 Å². The lowest BCUT2D eigenvalue weighted by Gasteiger charge is -2.29. The number of Topliss-reactive ketones (excluding diaryl/α,β-unsaturated/α-hetero) is 1. The lowest BCUT2D eigenvalue weighted by atomic mass is 9.98. The zero-order chi connectivity index (χ0) is 20.1. The van der Waals surface area contributed by atoms with Crippen molar-refractivity contribution >= 4 is 11.7 Å². The van der Waals surface area contributed by atoms with Gasteiger partial charge in [0.2, 0.25) is 5.91 Å². The molecular weight excluding hydrogens is 350 g/mol. The van der Waals surface area contributed by atoms with Crippen LogP contribution < -0.4 is 4.74 Å². The first kappa shape index (κ1) is 20.1. The van der Waals surface area contributed by atoms with Crippen molar-refractivity contribution in [2.24, 2.45) is 5.92 Å².